The average Bonchev–Trinajstić information content (AvgIpc) is 2.80. The van der Waals surface area contributed by atoms with Crippen molar-refractivity contribution in [3.63, 3.8) is 0 Å². The van der Waals surface area contributed by atoms with Gasteiger partial charge in [-0.25, -0.2) is 8.78 Å². The average molecular weight is 318 g/mol. The third-order valence-corrected chi connectivity index (χ3v) is 4.01. The summed E-state index contributed by atoms with van der Waals surface area (Å²) in [6.45, 7) is 5.87. The Morgan fingerprint density at radius 3 is 2.70 bits per heavy atom. The third kappa shape index (κ3) is 3.16. The molecule has 0 saturated heterocycles. The van der Waals surface area contributed by atoms with Gasteiger partial charge in [0.1, 0.15) is 23.8 Å². The maximum absolute atomic E-state index is 14.2. The van der Waals surface area contributed by atoms with Crippen molar-refractivity contribution in [2.75, 3.05) is 0 Å². The minimum absolute atomic E-state index is 0.0697. The van der Waals surface area contributed by atoms with Crippen LogP contribution in [0.5, 0.6) is 11.5 Å². The van der Waals surface area contributed by atoms with Crippen LogP contribution in [-0.4, -0.2) is 5.60 Å². The maximum Gasteiger partial charge on any atom is 0.168 e. The first-order valence-electron chi connectivity index (χ1n) is 7.80. The lowest BCUT2D eigenvalue weighted by molar-refractivity contribution is 0.135. The summed E-state index contributed by atoms with van der Waals surface area (Å²) in [5.74, 6) is 0.152. The Morgan fingerprint density at radius 2 is 1.96 bits per heavy atom. The minimum atomic E-state index is -0.363. The van der Waals surface area contributed by atoms with Gasteiger partial charge in [0.15, 0.2) is 11.6 Å². The Hall–Kier alpha value is -2.10. The van der Waals surface area contributed by atoms with Gasteiger partial charge in [0.05, 0.1) is 0 Å². The Kier molecular flexibility index (Phi) is 4.00. The molecule has 3 rings (SSSR count). The highest BCUT2D eigenvalue weighted by Gasteiger charge is 2.32. The fourth-order valence-electron chi connectivity index (χ4n) is 2.95. The number of aryl methyl sites for hydroxylation is 1. The zero-order chi connectivity index (χ0) is 16.6. The SMILES string of the molecule is CCc1cccc(OCc2cc(F)cc3c2OC(C)(C)C3)c1F. The molecule has 0 spiro atoms. The molecule has 0 amide bonds. The molecule has 2 aromatic carbocycles. The van der Waals surface area contributed by atoms with Gasteiger partial charge < -0.3 is 9.47 Å². The van der Waals surface area contributed by atoms with E-state index in [-0.39, 0.29) is 29.6 Å². The van der Waals surface area contributed by atoms with E-state index in [4.69, 9.17) is 9.47 Å². The number of rotatable bonds is 4. The van der Waals surface area contributed by atoms with E-state index in [1.54, 1.807) is 18.2 Å². The van der Waals surface area contributed by atoms with Crippen molar-refractivity contribution in [3.05, 3.63) is 58.7 Å². The van der Waals surface area contributed by atoms with E-state index in [0.717, 1.165) is 5.56 Å². The van der Waals surface area contributed by atoms with Gasteiger partial charge in [-0.3, -0.25) is 0 Å². The highest BCUT2D eigenvalue weighted by atomic mass is 19.1. The van der Waals surface area contributed by atoms with Gasteiger partial charge in [0, 0.05) is 17.5 Å². The van der Waals surface area contributed by atoms with Crippen molar-refractivity contribution in [1.29, 1.82) is 0 Å². The van der Waals surface area contributed by atoms with Gasteiger partial charge in [0.2, 0.25) is 0 Å². The minimum Gasteiger partial charge on any atom is -0.487 e. The number of halogens is 2. The van der Waals surface area contributed by atoms with Crippen molar-refractivity contribution < 1.29 is 18.3 Å². The number of benzene rings is 2. The zero-order valence-electron chi connectivity index (χ0n) is 13.6. The molecule has 0 saturated carbocycles. The molecule has 0 aromatic heterocycles. The second-order valence-corrected chi connectivity index (χ2v) is 6.46. The third-order valence-electron chi connectivity index (χ3n) is 4.01. The van der Waals surface area contributed by atoms with E-state index in [0.29, 0.717) is 29.7 Å². The van der Waals surface area contributed by atoms with E-state index in [1.165, 1.54) is 12.1 Å². The summed E-state index contributed by atoms with van der Waals surface area (Å²) in [5.41, 5.74) is 1.67. The predicted octanol–water partition coefficient (Wildman–Crippen LogP) is 4.82. The van der Waals surface area contributed by atoms with Gasteiger partial charge in [-0.15, -0.1) is 0 Å². The molecular formula is C19H20F2O2. The van der Waals surface area contributed by atoms with Crippen LogP contribution in [0.15, 0.2) is 30.3 Å². The van der Waals surface area contributed by atoms with Crippen molar-refractivity contribution in [2.24, 2.45) is 0 Å². The van der Waals surface area contributed by atoms with Crippen molar-refractivity contribution in [2.45, 2.75) is 45.8 Å². The predicted molar refractivity (Wildman–Crippen MR) is 84.9 cm³/mol. The topological polar surface area (TPSA) is 18.5 Å². The smallest absolute Gasteiger partial charge is 0.168 e. The van der Waals surface area contributed by atoms with Crippen LogP contribution in [0, 0.1) is 11.6 Å². The van der Waals surface area contributed by atoms with Gasteiger partial charge in [-0.2, -0.15) is 0 Å². The maximum atomic E-state index is 14.2. The molecule has 2 aromatic rings. The van der Waals surface area contributed by atoms with Crippen LogP contribution in [0.1, 0.15) is 37.5 Å². The van der Waals surface area contributed by atoms with Crippen LogP contribution in [0.25, 0.3) is 0 Å². The zero-order valence-corrected chi connectivity index (χ0v) is 13.6. The van der Waals surface area contributed by atoms with Crippen LogP contribution in [0.3, 0.4) is 0 Å². The molecule has 0 fully saturated rings. The normalized spacial score (nSPS) is 15.2. The van der Waals surface area contributed by atoms with Crippen molar-refractivity contribution >= 4 is 0 Å². The molecule has 0 atom stereocenters. The fourth-order valence-corrected chi connectivity index (χ4v) is 2.95. The number of hydrogen-bond donors (Lipinski definition) is 0. The first kappa shape index (κ1) is 15.8. The van der Waals surface area contributed by atoms with Crippen molar-refractivity contribution in [3.8, 4) is 11.5 Å². The first-order chi connectivity index (χ1) is 10.9. The van der Waals surface area contributed by atoms with E-state index >= 15 is 0 Å². The van der Waals surface area contributed by atoms with E-state index in [1.807, 2.05) is 20.8 Å². The lowest BCUT2D eigenvalue weighted by Crippen LogP contribution is -2.25. The van der Waals surface area contributed by atoms with Gasteiger partial charge in [-0.1, -0.05) is 19.1 Å². The standard InChI is InChI=1S/C19H20F2O2/c1-4-12-6-5-7-16(17(12)21)22-11-14-9-15(20)8-13-10-19(2,3)23-18(13)14/h5-9H,4,10-11H2,1-3H3. The molecule has 122 valence electrons. The van der Waals surface area contributed by atoms with Gasteiger partial charge in [-0.05, 0) is 44.0 Å². The molecule has 23 heavy (non-hydrogen) atoms. The quantitative estimate of drug-likeness (QED) is 0.804. The first-order valence-corrected chi connectivity index (χ1v) is 7.80. The second-order valence-electron chi connectivity index (χ2n) is 6.46. The van der Waals surface area contributed by atoms with Crippen LogP contribution in [0.2, 0.25) is 0 Å². The Balaban J connectivity index is 1.85. The van der Waals surface area contributed by atoms with Crippen LogP contribution >= 0.6 is 0 Å². The largest absolute Gasteiger partial charge is 0.487 e. The molecule has 0 unspecified atom stereocenters. The monoisotopic (exact) mass is 318 g/mol. The van der Waals surface area contributed by atoms with Gasteiger partial charge >= 0.3 is 0 Å². The summed E-state index contributed by atoms with van der Waals surface area (Å²) in [5, 5.41) is 0. The molecular weight excluding hydrogens is 298 g/mol. The number of fused-ring (bicyclic) bond motifs is 1. The molecule has 0 aliphatic carbocycles. The summed E-state index contributed by atoms with van der Waals surface area (Å²) in [6, 6.07) is 7.95. The summed E-state index contributed by atoms with van der Waals surface area (Å²) in [7, 11) is 0. The molecule has 1 aliphatic heterocycles. The van der Waals surface area contributed by atoms with Crippen LogP contribution in [-0.2, 0) is 19.4 Å². The molecule has 0 radical (unpaired) electrons. The van der Waals surface area contributed by atoms with E-state index in [9.17, 15) is 8.78 Å². The summed E-state index contributed by atoms with van der Waals surface area (Å²) >= 11 is 0. The van der Waals surface area contributed by atoms with E-state index < -0.39 is 0 Å². The molecule has 4 heteroatoms. The highest BCUT2D eigenvalue weighted by molar-refractivity contribution is 5.46. The Morgan fingerprint density at radius 1 is 1.17 bits per heavy atom. The molecule has 2 nitrogen and oxygen atoms in total. The lowest BCUT2D eigenvalue weighted by atomic mass is 10.0. The molecule has 1 heterocycles. The second kappa shape index (κ2) is 5.84. The van der Waals surface area contributed by atoms with Crippen LogP contribution < -0.4 is 9.47 Å². The summed E-state index contributed by atoms with van der Waals surface area (Å²) in [6.07, 6.45) is 1.24. The number of ether oxygens (including phenoxy) is 2. The van der Waals surface area contributed by atoms with Crippen molar-refractivity contribution in [1.82, 2.24) is 0 Å². The van der Waals surface area contributed by atoms with Crippen LogP contribution in [0.4, 0.5) is 8.78 Å². The summed E-state index contributed by atoms with van der Waals surface area (Å²) < 4.78 is 39.5. The Bertz CT molecular complexity index is 738. The van der Waals surface area contributed by atoms with E-state index in [2.05, 4.69) is 0 Å². The summed E-state index contributed by atoms with van der Waals surface area (Å²) in [4.78, 5) is 0. The molecule has 0 N–H and O–H groups in total. The highest BCUT2D eigenvalue weighted by Crippen LogP contribution is 2.38. The molecule has 1 aliphatic rings. The number of hydrogen-bond acceptors (Lipinski definition) is 2. The Labute approximate surface area is 135 Å². The molecule has 0 bridgehead atoms. The van der Waals surface area contributed by atoms with Gasteiger partial charge in [0.25, 0.3) is 0 Å². The lowest BCUT2D eigenvalue weighted by Gasteiger charge is -2.18. The fraction of sp³-hybridized carbons (Fsp3) is 0.368.